The number of rotatable bonds is 6. The van der Waals surface area contributed by atoms with Crippen molar-refractivity contribution in [3.8, 4) is 5.75 Å². The molecule has 0 spiro atoms. The fourth-order valence-electron chi connectivity index (χ4n) is 2.67. The second kappa shape index (κ2) is 7.79. The fourth-order valence-corrected chi connectivity index (χ4v) is 3.85. The average molecular weight is 340 g/mol. The molecule has 1 heterocycles. The van der Waals surface area contributed by atoms with E-state index < -0.39 is 10.0 Å². The zero-order valence-corrected chi connectivity index (χ0v) is 14.4. The van der Waals surface area contributed by atoms with E-state index in [0.29, 0.717) is 13.1 Å². The summed E-state index contributed by atoms with van der Waals surface area (Å²) in [5, 5.41) is 2.89. The van der Waals surface area contributed by atoms with Crippen LogP contribution in [0.1, 0.15) is 25.3 Å². The van der Waals surface area contributed by atoms with Crippen LogP contribution in [0.3, 0.4) is 0 Å². The molecular weight excluding hydrogens is 316 g/mol. The monoisotopic (exact) mass is 340 g/mol. The van der Waals surface area contributed by atoms with Gasteiger partial charge >= 0.3 is 0 Å². The number of nitrogens with one attached hydrogen (secondary N) is 1. The topological polar surface area (TPSA) is 75.7 Å². The number of nitrogens with zero attached hydrogens (tertiary/aromatic N) is 1. The third kappa shape index (κ3) is 4.68. The Morgan fingerprint density at radius 3 is 2.65 bits per heavy atom. The highest BCUT2D eigenvalue weighted by Gasteiger charge is 2.31. The second-order valence-corrected chi connectivity index (χ2v) is 7.92. The Morgan fingerprint density at radius 1 is 1.35 bits per heavy atom. The number of hydrogen-bond acceptors (Lipinski definition) is 4. The summed E-state index contributed by atoms with van der Waals surface area (Å²) < 4.78 is 30.4. The Hall–Kier alpha value is -1.60. The van der Waals surface area contributed by atoms with Crippen LogP contribution in [-0.4, -0.2) is 44.6 Å². The Kier molecular flexibility index (Phi) is 6.01. The Morgan fingerprint density at radius 2 is 2.04 bits per heavy atom. The normalized spacial score (nSPS) is 19.3. The third-order valence-corrected chi connectivity index (χ3v) is 5.99. The Balaban J connectivity index is 1.89. The van der Waals surface area contributed by atoms with Crippen LogP contribution in [0, 0.1) is 5.92 Å². The van der Waals surface area contributed by atoms with Crippen LogP contribution in [0.25, 0.3) is 0 Å². The minimum absolute atomic E-state index is 0.0766. The molecule has 6 nitrogen and oxygen atoms in total. The van der Waals surface area contributed by atoms with Crippen LogP contribution in [0.4, 0.5) is 0 Å². The lowest BCUT2D eigenvalue weighted by molar-refractivity contribution is -0.126. The lowest BCUT2D eigenvalue weighted by Gasteiger charge is -2.30. The summed E-state index contributed by atoms with van der Waals surface area (Å²) in [6.07, 6.45) is 1.45. The SMILES string of the molecule is CCS(=O)(=O)N1CCC[C@H](C(=O)NCc2ccc(OC)cc2)C1. The molecule has 0 aliphatic carbocycles. The lowest BCUT2D eigenvalue weighted by Crippen LogP contribution is -2.45. The number of piperidine rings is 1. The van der Waals surface area contributed by atoms with E-state index >= 15 is 0 Å². The molecule has 1 aromatic rings. The van der Waals surface area contributed by atoms with Gasteiger partial charge in [-0.1, -0.05) is 12.1 Å². The molecule has 1 aliphatic heterocycles. The molecule has 1 fully saturated rings. The number of benzene rings is 1. The first-order valence-electron chi connectivity index (χ1n) is 7.84. The second-order valence-electron chi connectivity index (χ2n) is 5.66. The molecular formula is C16H24N2O4S. The van der Waals surface area contributed by atoms with Crippen LogP contribution >= 0.6 is 0 Å². The lowest BCUT2D eigenvalue weighted by atomic mass is 9.99. The van der Waals surface area contributed by atoms with Crippen LogP contribution in [-0.2, 0) is 21.4 Å². The van der Waals surface area contributed by atoms with Crippen LogP contribution < -0.4 is 10.1 Å². The van der Waals surface area contributed by atoms with Gasteiger partial charge in [0.05, 0.1) is 18.8 Å². The van der Waals surface area contributed by atoms with Crippen molar-refractivity contribution in [3.05, 3.63) is 29.8 Å². The molecule has 2 rings (SSSR count). The third-order valence-electron chi connectivity index (χ3n) is 4.14. The van der Waals surface area contributed by atoms with Gasteiger partial charge in [0, 0.05) is 19.6 Å². The molecule has 23 heavy (non-hydrogen) atoms. The molecule has 1 aromatic carbocycles. The summed E-state index contributed by atoms with van der Waals surface area (Å²) in [6, 6.07) is 7.48. The average Bonchev–Trinajstić information content (AvgIpc) is 2.60. The number of ether oxygens (including phenoxy) is 1. The molecule has 0 radical (unpaired) electrons. The van der Waals surface area contributed by atoms with Crippen LogP contribution in [0.5, 0.6) is 5.75 Å². The van der Waals surface area contributed by atoms with Gasteiger partial charge in [-0.05, 0) is 37.5 Å². The number of methoxy groups -OCH3 is 1. The van der Waals surface area contributed by atoms with Crippen molar-refractivity contribution in [2.75, 3.05) is 26.0 Å². The Bertz CT molecular complexity index is 628. The zero-order valence-electron chi connectivity index (χ0n) is 13.6. The molecule has 128 valence electrons. The van der Waals surface area contributed by atoms with E-state index in [1.54, 1.807) is 14.0 Å². The highest BCUT2D eigenvalue weighted by Crippen LogP contribution is 2.20. The van der Waals surface area contributed by atoms with E-state index in [0.717, 1.165) is 24.2 Å². The van der Waals surface area contributed by atoms with Gasteiger partial charge in [0.2, 0.25) is 15.9 Å². The summed E-state index contributed by atoms with van der Waals surface area (Å²) >= 11 is 0. The first-order chi connectivity index (χ1) is 11.0. The maximum Gasteiger partial charge on any atom is 0.224 e. The minimum atomic E-state index is -3.22. The number of hydrogen-bond donors (Lipinski definition) is 1. The van der Waals surface area contributed by atoms with E-state index in [4.69, 9.17) is 4.74 Å². The highest BCUT2D eigenvalue weighted by atomic mass is 32.2. The van der Waals surface area contributed by atoms with E-state index in [2.05, 4.69) is 5.32 Å². The molecule has 1 aliphatic rings. The van der Waals surface area contributed by atoms with Gasteiger partial charge in [-0.3, -0.25) is 4.79 Å². The number of carbonyl (C=O) groups excluding carboxylic acids is 1. The van der Waals surface area contributed by atoms with Crippen molar-refractivity contribution in [1.82, 2.24) is 9.62 Å². The van der Waals surface area contributed by atoms with Crippen LogP contribution in [0.2, 0.25) is 0 Å². The van der Waals surface area contributed by atoms with Gasteiger partial charge in [-0.15, -0.1) is 0 Å². The molecule has 0 bridgehead atoms. The van der Waals surface area contributed by atoms with Gasteiger partial charge in [-0.2, -0.15) is 0 Å². The smallest absolute Gasteiger partial charge is 0.224 e. The van der Waals surface area contributed by atoms with Gasteiger partial charge in [0.25, 0.3) is 0 Å². The van der Waals surface area contributed by atoms with Gasteiger partial charge in [0.15, 0.2) is 0 Å². The van der Waals surface area contributed by atoms with E-state index in [-0.39, 0.29) is 24.1 Å². The predicted molar refractivity (Wildman–Crippen MR) is 88.6 cm³/mol. The largest absolute Gasteiger partial charge is 0.497 e. The molecule has 1 amide bonds. The minimum Gasteiger partial charge on any atom is -0.497 e. The van der Waals surface area contributed by atoms with Crippen molar-refractivity contribution in [1.29, 1.82) is 0 Å². The molecule has 7 heteroatoms. The van der Waals surface area contributed by atoms with Crippen molar-refractivity contribution >= 4 is 15.9 Å². The van der Waals surface area contributed by atoms with Gasteiger partial charge < -0.3 is 10.1 Å². The number of carbonyl (C=O) groups is 1. The van der Waals surface area contributed by atoms with Crippen molar-refractivity contribution in [2.24, 2.45) is 5.92 Å². The summed E-state index contributed by atoms with van der Waals surface area (Å²) in [4.78, 5) is 12.3. The summed E-state index contributed by atoms with van der Waals surface area (Å²) in [5.41, 5.74) is 0.980. The van der Waals surface area contributed by atoms with E-state index in [1.165, 1.54) is 4.31 Å². The van der Waals surface area contributed by atoms with Gasteiger partial charge in [0.1, 0.15) is 5.75 Å². The maximum absolute atomic E-state index is 12.3. The molecule has 0 unspecified atom stereocenters. The molecule has 1 saturated heterocycles. The predicted octanol–water partition coefficient (Wildman–Crippen LogP) is 1.37. The molecule has 0 aromatic heterocycles. The first-order valence-corrected chi connectivity index (χ1v) is 9.45. The number of amides is 1. The summed E-state index contributed by atoms with van der Waals surface area (Å²) in [5.74, 6) is 0.487. The van der Waals surface area contributed by atoms with Crippen molar-refractivity contribution < 1.29 is 17.9 Å². The van der Waals surface area contributed by atoms with Crippen LogP contribution in [0.15, 0.2) is 24.3 Å². The number of sulfonamides is 1. The molecule has 0 saturated carbocycles. The quantitative estimate of drug-likeness (QED) is 0.849. The highest BCUT2D eigenvalue weighted by molar-refractivity contribution is 7.89. The fraction of sp³-hybridized carbons (Fsp3) is 0.562. The van der Waals surface area contributed by atoms with E-state index in [9.17, 15) is 13.2 Å². The first kappa shape index (κ1) is 17.7. The molecule has 1 N–H and O–H groups in total. The standard InChI is InChI=1S/C16H24N2O4S/c1-3-23(20,21)18-10-4-5-14(12-18)16(19)17-11-13-6-8-15(22-2)9-7-13/h6-9,14H,3-5,10-12H2,1-2H3,(H,17,19)/t14-/m0/s1. The molecule has 1 atom stereocenters. The maximum atomic E-state index is 12.3. The summed E-state index contributed by atoms with van der Waals surface area (Å²) in [7, 11) is -1.62. The van der Waals surface area contributed by atoms with Crippen molar-refractivity contribution in [2.45, 2.75) is 26.3 Å². The Labute approximate surface area is 137 Å². The summed E-state index contributed by atoms with van der Waals surface area (Å²) in [6.45, 7) is 2.85. The van der Waals surface area contributed by atoms with E-state index in [1.807, 2.05) is 24.3 Å². The van der Waals surface area contributed by atoms with Gasteiger partial charge in [-0.25, -0.2) is 12.7 Å². The zero-order chi connectivity index (χ0) is 16.9. The van der Waals surface area contributed by atoms with Crippen molar-refractivity contribution in [3.63, 3.8) is 0 Å².